The molecule has 2 atom stereocenters. The smallest absolute Gasteiger partial charge is 0.228 e. The molecule has 0 spiro atoms. The zero-order chi connectivity index (χ0) is 16.7. The molecule has 2 aliphatic rings. The summed E-state index contributed by atoms with van der Waals surface area (Å²) in [6.45, 7) is 2.30. The van der Waals surface area contributed by atoms with E-state index in [2.05, 4.69) is 17.4 Å². The summed E-state index contributed by atoms with van der Waals surface area (Å²) in [6, 6.07) is 16.0. The van der Waals surface area contributed by atoms with Crippen molar-refractivity contribution in [1.29, 1.82) is 0 Å². The second kappa shape index (κ2) is 5.78. The highest BCUT2D eigenvalue weighted by Gasteiger charge is 2.43. The van der Waals surface area contributed by atoms with Crippen LogP contribution in [0.3, 0.4) is 0 Å². The standard InChI is InChI=1S/C20H20N2O2/c1-13(23)22-10-9-15-7-8-16(11-19(15)22)21-20(24)18-12-17(18)14-5-3-2-4-6-14/h2-8,11,17-18H,9-10,12H2,1H3,(H,21,24). The summed E-state index contributed by atoms with van der Waals surface area (Å²) in [5.41, 5.74) is 4.09. The molecule has 0 radical (unpaired) electrons. The van der Waals surface area contributed by atoms with Crippen LogP contribution in [0.15, 0.2) is 48.5 Å². The van der Waals surface area contributed by atoms with Gasteiger partial charge in [0.25, 0.3) is 0 Å². The van der Waals surface area contributed by atoms with Crippen LogP contribution in [-0.4, -0.2) is 18.4 Å². The summed E-state index contributed by atoms with van der Waals surface area (Å²) in [4.78, 5) is 26.0. The van der Waals surface area contributed by atoms with Gasteiger partial charge < -0.3 is 10.2 Å². The molecule has 1 fully saturated rings. The molecule has 4 heteroatoms. The van der Waals surface area contributed by atoms with Crippen LogP contribution in [0.1, 0.15) is 30.4 Å². The van der Waals surface area contributed by atoms with E-state index in [4.69, 9.17) is 0 Å². The zero-order valence-corrected chi connectivity index (χ0v) is 13.7. The van der Waals surface area contributed by atoms with Crippen molar-refractivity contribution in [2.24, 2.45) is 5.92 Å². The third kappa shape index (κ3) is 2.68. The summed E-state index contributed by atoms with van der Waals surface area (Å²) < 4.78 is 0. The lowest BCUT2D eigenvalue weighted by atomic mass is 10.1. The molecule has 2 aromatic rings. The van der Waals surface area contributed by atoms with E-state index in [0.717, 1.165) is 36.3 Å². The molecule has 0 bridgehead atoms. The molecular weight excluding hydrogens is 300 g/mol. The van der Waals surface area contributed by atoms with E-state index in [-0.39, 0.29) is 17.7 Å². The Balaban J connectivity index is 1.46. The van der Waals surface area contributed by atoms with E-state index in [9.17, 15) is 9.59 Å². The minimum absolute atomic E-state index is 0.0450. The van der Waals surface area contributed by atoms with Gasteiger partial charge in [-0.3, -0.25) is 9.59 Å². The molecule has 2 unspecified atom stereocenters. The fourth-order valence-corrected chi connectivity index (χ4v) is 3.57. The number of hydrogen-bond acceptors (Lipinski definition) is 2. The summed E-state index contributed by atoms with van der Waals surface area (Å²) in [7, 11) is 0. The number of rotatable bonds is 3. The molecule has 4 nitrogen and oxygen atoms in total. The second-order valence-corrected chi connectivity index (χ2v) is 6.61. The predicted octanol–water partition coefficient (Wildman–Crippen LogP) is 3.34. The third-order valence-corrected chi connectivity index (χ3v) is 4.98. The molecule has 122 valence electrons. The highest BCUT2D eigenvalue weighted by atomic mass is 16.2. The summed E-state index contributed by atoms with van der Waals surface area (Å²) >= 11 is 0. The van der Waals surface area contributed by atoms with Crippen molar-refractivity contribution in [1.82, 2.24) is 0 Å². The number of fused-ring (bicyclic) bond motifs is 1. The lowest BCUT2D eigenvalue weighted by molar-refractivity contribution is -0.117. The molecule has 4 rings (SSSR count). The second-order valence-electron chi connectivity index (χ2n) is 6.61. The van der Waals surface area contributed by atoms with Crippen molar-refractivity contribution in [3.63, 3.8) is 0 Å². The van der Waals surface area contributed by atoms with E-state index in [1.807, 2.05) is 36.4 Å². The third-order valence-electron chi connectivity index (χ3n) is 4.98. The minimum Gasteiger partial charge on any atom is -0.326 e. The molecule has 1 N–H and O–H groups in total. The molecule has 1 aliphatic carbocycles. The van der Waals surface area contributed by atoms with E-state index in [1.54, 1.807) is 11.8 Å². The van der Waals surface area contributed by atoms with Crippen molar-refractivity contribution < 1.29 is 9.59 Å². The van der Waals surface area contributed by atoms with Crippen LogP contribution in [0, 0.1) is 5.92 Å². The Morgan fingerprint density at radius 2 is 1.92 bits per heavy atom. The number of carbonyl (C=O) groups is 2. The summed E-state index contributed by atoms with van der Waals surface area (Å²) in [5.74, 6) is 0.485. The Kier molecular flexibility index (Phi) is 3.60. The van der Waals surface area contributed by atoms with Crippen LogP contribution in [0.25, 0.3) is 0 Å². The minimum atomic E-state index is 0.0450. The Labute approximate surface area is 141 Å². The van der Waals surface area contributed by atoms with E-state index in [1.165, 1.54) is 5.56 Å². The molecule has 2 aromatic carbocycles. The van der Waals surface area contributed by atoms with E-state index in [0.29, 0.717) is 5.92 Å². The maximum atomic E-state index is 12.5. The monoisotopic (exact) mass is 320 g/mol. The average molecular weight is 320 g/mol. The maximum absolute atomic E-state index is 12.5. The number of amides is 2. The quantitative estimate of drug-likeness (QED) is 0.943. The Morgan fingerprint density at radius 3 is 2.67 bits per heavy atom. The normalized spacial score (nSPS) is 21.3. The number of benzene rings is 2. The SMILES string of the molecule is CC(=O)N1CCc2ccc(NC(=O)C3CC3c3ccccc3)cc21. The van der Waals surface area contributed by atoms with Crippen LogP contribution in [0.2, 0.25) is 0 Å². The van der Waals surface area contributed by atoms with Crippen molar-refractivity contribution in [2.75, 3.05) is 16.8 Å². The molecule has 1 heterocycles. The van der Waals surface area contributed by atoms with Gasteiger partial charge in [-0.1, -0.05) is 36.4 Å². The van der Waals surface area contributed by atoms with Gasteiger partial charge >= 0.3 is 0 Å². The summed E-state index contributed by atoms with van der Waals surface area (Å²) in [5, 5.41) is 3.02. The molecule has 0 saturated heterocycles. The van der Waals surface area contributed by atoms with Gasteiger partial charge in [0.05, 0.1) is 0 Å². The van der Waals surface area contributed by atoms with Crippen molar-refractivity contribution >= 4 is 23.2 Å². The average Bonchev–Trinajstić information content (AvgIpc) is 3.28. The van der Waals surface area contributed by atoms with Gasteiger partial charge in [-0.2, -0.15) is 0 Å². The van der Waals surface area contributed by atoms with Gasteiger partial charge in [0.15, 0.2) is 0 Å². The van der Waals surface area contributed by atoms with Crippen LogP contribution in [0.5, 0.6) is 0 Å². The predicted molar refractivity (Wildman–Crippen MR) is 94.1 cm³/mol. The van der Waals surface area contributed by atoms with Gasteiger partial charge in [0, 0.05) is 30.8 Å². The maximum Gasteiger partial charge on any atom is 0.228 e. The highest BCUT2D eigenvalue weighted by molar-refractivity contribution is 5.98. The van der Waals surface area contributed by atoms with Crippen molar-refractivity contribution in [3.8, 4) is 0 Å². The Hall–Kier alpha value is -2.62. The fourth-order valence-electron chi connectivity index (χ4n) is 3.57. The zero-order valence-electron chi connectivity index (χ0n) is 13.7. The lowest BCUT2D eigenvalue weighted by Gasteiger charge is -2.16. The van der Waals surface area contributed by atoms with Gasteiger partial charge in [0.1, 0.15) is 0 Å². The molecule has 24 heavy (non-hydrogen) atoms. The van der Waals surface area contributed by atoms with Gasteiger partial charge in [-0.05, 0) is 42.0 Å². The fraction of sp³-hybridized carbons (Fsp3) is 0.300. The first kappa shape index (κ1) is 14.9. The molecule has 1 aliphatic heterocycles. The van der Waals surface area contributed by atoms with Crippen LogP contribution in [0.4, 0.5) is 11.4 Å². The number of nitrogens with zero attached hydrogens (tertiary/aromatic N) is 1. The van der Waals surface area contributed by atoms with Crippen LogP contribution >= 0.6 is 0 Å². The van der Waals surface area contributed by atoms with E-state index < -0.39 is 0 Å². The highest BCUT2D eigenvalue weighted by Crippen LogP contribution is 2.48. The van der Waals surface area contributed by atoms with Crippen LogP contribution in [-0.2, 0) is 16.0 Å². The Morgan fingerprint density at radius 1 is 1.12 bits per heavy atom. The van der Waals surface area contributed by atoms with Crippen molar-refractivity contribution in [2.45, 2.75) is 25.7 Å². The van der Waals surface area contributed by atoms with Gasteiger partial charge in [-0.15, -0.1) is 0 Å². The number of carbonyl (C=O) groups excluding carboxylic acids is 2. The van der Waals surface area contributed by atoms with E-state index >= 15 is 0 Å². The first-order chi connectivity index (χ1) is 11.6. The van der Waals surface area contributed by atoms with Gasteiger partial charge in [-0.25, -0.2) is 0 Å². The molecule has 1 saturated carbocycles. The molecule has 2 amide bonds. The first-order valence-electron chi connectivity index (χ1n) is 8.40. The van der Waals surface area contributed by atoms with Gasteiger partial charge in [0.2, 0.25) is 11.8 Å². The summed E-state index contributed by atoms with van der Waals surface area (Å²) in [6.07, 6.45) is 1.78. The number of anilines is 2. The molecule has 0 aromatic heterocycles. The Bertz CT molecular complexity index is 801. The van der Waals surface area contributed by atoms with Crippen LogP contribution < -0.4 is 10.2 Å². The molecular formula is C20H20N2O2. The lowest BCUT2D eigenvalue weighted by Crippen LogP contribution is -2.25. The topological polar surface area (TPSA) is 49.4 Å². The number of hydrogen-bond donors (Lipinski definition) is 1. The number of nitrogens with one attached hydrogen (secondary N) is 1. The largest absolute Gasteiger partial charge is 0.326 e. The first-order valence-corrected chi connectivity index (χ1v) is 8.40. The van der Waals surface area contributed by atoms with Crippen molar-refractivity contribution in [3.05, 3.63) is 59.7 Å².